The molecule has 1 amide bonds. The van der Waals surface area contributed by atoms with Gasteiger partial charge in [0.15, 0.2) is 0 Å². The maximum absolute atomic E-state index is 12.0. The van der Waals surface area contributed by atoms with Crippen LogP contribution in [0.4, 0.5) is 0 Å². The summed E-state index contributed by atoms with van der Waals surface area (Å²) in [5.41, 5.74) is 0.350. The number of rotatable bonds is 3. The van der Waals surface area contributed by atoms with Crippen molar-refractivity contribution in [2.24, 2.45) is 0 Å². The van der Waals surface area contributed by atoms with Crippen LogP contribution in [-0.2, 0) is 0 Å². The highest BCUT2D eigenvalue weighted by Gasteiger charge is 2.16. The Morgan fingerprint density at radius 1 is 1.62 bits per heavy atom. The smallest absolute Gasteiger partial charge is 0.257 e. The summed E-state index contributed by atoms with van der Waals surface area (Å²) < 4.78 is 0.930. The van der Waals surface area contributed by atoms with E-state index in [0.717, 1.165) is 3.57 Å². The monoisotopic (exact) mass is 397 g/mol. The molecule has 0 fully saturated rings. The molecule has 3 nitrogen and oxygen atoms in total. The van der Waals surface area contributed by atoms with Gasteiger partial charge in [-0.15, -0.1) is 0 Å². The molecule has 1 N–H and O–H groups in total. The van der Waals surface area contributed by atoms with Crippen LogP contribution in [0.1, 0.15) is 17.3 Å². The van der Waals surface area contributed by atoms with Crippen molar-refractivity contribution in [3.63, 3.8) is 0 Å². The lowest BCUT2D eigenvalue weighted by atomic mass is 10.2. The van der Waals surface area contributed by atoms with Gasteiger partial charge in [-0.25, -0.2) is 0 Å². The van der Waals surface area contributed by atoms with E-state index in [1.54, 1.807) is 30.1 Å². The first-order valence-corrected chi connectivity index (χ1v) is 6.79. The molecular formula is C11H13BrINO2. The zero-order valence-corrected chi connectivity index (χ0v) is 12.8. The van der Waals surface area contributed by atoms with E-state index >= 15 is 0 Å². The molecule has 0 aromatic heterocycles. The van der Waals surface area contributed by atoms with Crippen molar-refractivity contribution in [2.45, 2.75) is 11.8 Å². The van der Waals surface area contributed by atoms with Crippen LogP contribution >= 0.6 is 38.5 Å². The van der Waals surface area contributed by atoms with Gasteiger partial charge in [0.1, 0.15) is 5.75 Å². The molecule has 0 saturated heterocycles. The Bertz CT molecular complexity index is 396. The van der Waals surface area contributed by atoms with E-state index in [9.17, 15) is 9.90 Å². The van der Waals surface area contributed by atoms with Crippen LogP contribution in [0.3, 0.4) is 0 Å². The number of amides is 1. The minimum atomic E-state index is -0.165. The highest BCUT2D eigenvalue weighted by atomic mass is 127. The highest BCUT2D eigenvalue weighted by Crippen LogP contribution is 2.21. The Balaban J connectivity index is 2.91. The second-order valence-electron chi connectivity index (χ2n) is 3.63. The molecule has 0 bridgehead atoms. The molecule has 0 spiro atoms. The summed E-state index contributed by atoms with van der Waals surface area (Å²) in [4.78, 5) is 13.8. The third kappa shape index (κ3) is 3.62. The van der Waals surface area contributed by atoms with E-state index in [1.807, 2.05) is 6.92 Å². The fraction of sp³-hybridized carbons (Fsp3) is 0.364. The van der Waals surface area contributed by atoms with Gasteiger partial charge in [0.25, 0.3) is 5.91 Å². The van der Waals surface area contributed by atoms with E-state index in [0.29, 0.717) is 12.1 Å². The number of hydrogen-bond donors (Lipinski definition) is 1. The maximum atomic E-state index is 12.0. The molecule has 88 valence electrons. The summed E-state index contributed by atoms with van der Waals surface area (Å²) in [6, 6.07) is 4.99. The first kappa shape index (κ1) is 13.8. The summed E-state index contributed by atoms with van der Waals surface area (Å²) in [6.07, 6.45) is 0. The molecule has 1 atom stereocenters. The number of carbonyl (C=O) groups excluding carboxylic acids is 1. The number of aromatic hydroxyl groups is 1. The lowest BCUT2D eigenvalue weighted by Crippen LogP contribution is -2.31. The molecule has 1 unspecified atom stereocenters. The van der Waals surface area contributed by atoms with E-state index in [1.165, 1.54) is 0 Å². The van der Waals surface area contributed by atoms with E-state index < -0.39 is 0 Å². The summed E-state index contributed by atoms with van der Waals surface area (Å²) >= 11 is 5.50. The topological polar surface area (TPSA) is 40.5 Å². The Morgan fingerprint density at radius 3 is 2.81 bits per heavy atom. The first-order valence-electron chi connectivity index (χ1n) is 4.80. The standard InChI is InChI=1S/C11H13BrINO2/c1-7(12)6-14(2)11(16)9-5-8(13)3-4-10(9)15/h3-5,7,15H,6H2,1-2H3. The molecule has 1 aromatic rings. The molecule has 1 aromatic carbocycles. The summed E-state index contributed by atoms with van der Waals surface area (Å²) in [5, 5.41) is 9.63. The van der Waals surface area contributed by atoms with Crippen molar-refractivity contribution in [1.82, 2.24) is 4.90 Å². The first-order chi connectivity index (χ1) is 7.41. The molecular weight excluding hydrogens is 385 g/mol. The van der Waals surface area contributed by atoms with Crippen molar-refractivity contribution in [3.8, 4) is 5.75 Å². The number of nitrogens with zero attached hydrogens (tertiary/aromatic N) is 1. The van der Waals surface area contributed by atoms with Crippen LogP contribution in [0.5, 0.6) is 5.75 Å². The van der Waals surface area contributed by atoms with Gasteiger partial charge in [-0.2, -0.15) is 0 Å². The lowest BCUT2D eigenvalue weighted by molar-refractivity contribution is 0.0794. The Morgan fingerprint density at radius 2 is 2.25 bits per heavy atom. The Hall–Kier alpha value is -0.300. The molecule has 5 heteroatoms. The highest BCUT2D eigenvalue weighted by molar-refractivity contribution is 14.1. The van der Waals surface area contributed by atoms with Crippen LogP contribution in [0.15, 0.2) is 18.2 Å². The zero-order valence-electron chi connectivity index (χ0n) is 9.08. The van der Waals surface area contributed by atoms with Gasteiger partial charge in [-0.1, -0.05) is 22.9 Å². The van der Waals surface area contributed by atoms with Crippen molar-refractivity contribution >= 4 is 44.4 Å². The number of phenols is 1. The number of carbonyl (C=O) groups is 1. The van der Waals surface area contributed by atoms with Gasteiger partial charge in [0, 0.05) is 22.0 Å². The zero-order chi connectivity index (χ0) is 12.3. The molecule has 0 aliphatic heterocycles. The number of benzene rings is 1. The van der Waals surface area contributed by atoms with Crippen LogP contribution in [0.25, 0.3) is 0 Å². The number of alkyl halides is 1. The van der Waals surface area contributed by atoms with Crippen LogP contribution < -0.4 is 0 Å². The van der Waals surface area contributed by atoms with Gasteiger partial charge in [-0.05, 0) is 40.8 Å². The van der Waals surface area contributed by atoms with Crippen molar-refractivity contribution < 1.29 is 9.90 Å². The van der Waals surface area contributed by atoms with Gasteiger partial charge in [0.2, 0.25) is 0 Å². The fourth-order valence-electron chi connectivity index (χ4n) is 1.35. The Labute approximate surface area is 117 Å². The summed E-state index contributed by atoms with van der Waals surface area (Å²) in [6.45, 7) is 2.57. The molecule has 0 heterocycles. The second-order valence-corrected chi connectivity index (χ2v) is 6.44. The minimum Gasteiger partial charge on any atom is -0.507 e. The molecule has 16 heavy (non-hydrogen) atoms. The largest absolute Gasteiger partial charge is 0.507 e. The van der Waals surface area contributed by atoms with Crippen LogP contribution in [0.2, 0.25) is 0 Å². The third-order valence-electron chi connectivity index (χ3n) is 2.06. The van der Waals surface area contributed by atoms with Gasteiger partial charge < -0.3 is 10.0 Å². The molecule has 0 saturated carbocycles. The van der Waals surface area contributed by atoms with Gasteiger partial charge >= 0.3 is 0 Å². The third-order valence-corrected chi connectivity index (χ3v) is 3.02. The number of phenolic OH excluding ortho intramolecular Hbond substituents is 1. The predicted molar refractivity (Wildman–Crippen MR) is 76.2 cm³/mol. The maximum Gasteiger partial charge on any atom is 0.257 e. The molecule has 0 aliphatic rings. The van der Waals surface area contributed by atoms with E-state index in [2.05, 4.69) is 38.5 Å². The van der Waals surface area contributed by atoms with Gasteiger partial charge in [0.05, 0.1) is 5.56 Å². The Kier molecular flexibility index (Phi) is 5.04. The van der Waals surface area contributed by atoms with Crippen molar-refractivity contribution in [3.05, 3.63) is 27.3 Å². The number of hydrogen-bond acceptors (Lipinski definition) is 2. The molecule has 0 radical (unpaired) electrons. The number of halogens is 2. The average molecular weight is 398 g/mol. The fourth-order valence-corrected chi connectivity index (χ4v) is 2.27. The molecule has 0 aliphatic carbocycles. The normalized spacial score (nSPS) is 12.2. The van der Waals surface area contributed by atoms with Crippen LogP contribution in [0, 0.1) is 3.57 Å². The average Bonchev–Trinajstić information content (AvgIpc) is 2.19. The van der Waals surface area contributed by atoms with Crippen molar-refractivity contribution in [1.29, 1.82) is 0 Å². The van der Waals surface area contributed by atoms with E-state index in [4.69, 9.17) is 0 Å². The minimum absolute atomic E-state index is 0.0273. The van der Waals surface area contributed by atoms with Gasteiger partial charge in [-0.3, -0.25) is 4.79 Å². The quantitative estimate of drug-likeness (QED) is 0.629. The van der Waals surface area contributed by atoms with Crippen LogP contribution in [-0.4, -0.2) is 34.3 Å². The lowest BCUT2D eigenvalue weighted by Gasteiger charge is -2.19. The second kappa shape index (κ2) is 5.86. The molecule has 1 rings (SSSR count). The van der Waals surface area contributed by atoms with Crippen molar-refractivity contribution in [2.75, 3.05) is 13.6 Å². The predicted octanol–water partition coefficient (Wildman–Crippen LogP) is 2.85. The summed E-state index contributed by atoms with van der Waals surface area (Å²) in [5.74, 6) is -0.137. The van der Waals surface area contributed by atoms with E-state index in [-0.39, 0.29) is 16.5 Å². The SMILES string of the molecule is CC(Br)CN(C)C(=O)c1cc(I)ccc1O. The summed E-state index contributed by atoms with van der Waals surface area (Å²) in [7, 11) is 1.72.